The fourth-order valence-electron chi connectivity index (χ4n) is 0.646. The second kappa shape index (κ2) is 3.20. The minimum atomic E-state index is -0.520. The van der Waals surface area contributed by atoms with Gasteiger partial charge >= 0.3 is 0 Å². The second-order valence-electron chi connectivity index (χ2n) is 2.79. The van der Waals surface area contributed by atoms with Gasteiger partial charge in [-0.15, -0.1) is 0 Å². The minimum absolute atomic E-state index is 0.158. The molecule has 0 aromatic carbocycles. The van der Waals surface area contributed by atoms with Gasteiger partial charge in [0.1, 0.15) is 0 Å². The number of nitrogens with one attached hydrogen (secondary N) is 1. The Morgan fingerprint density at radius 2 is 2.20 bits per heavy atom. The first-order chi connectivity index (χ1) is 4.48. The number of hydrogen-bond donors (Lipinski definition) is 2. The van der Waals surface area contributed by atoms with Crippen LogP contribution in [0.2, 0.25) is 0 Å². The van der Waals surface area contributed by atoms with E-state index in [0.29, 0.717) is 6.41 Å². The van der Waals surface area contributed by atoms with Crippen LogP contribution in [0.3, 0.4) is 0 Å². The van der Waals surface area contributed by atoms with Gasteiger partial charge in [-0.1, -0.05) is 0 Å². The molecule has 2 amide bonds. The number of hydrogen-bond acceptors (Lipinski definition) is 2. The summed E-state index contributed by atoms with van der Waals surface area (Å²) in [5, 5.41) is 2.47. The van der Waals surface area contributed by atoms with Crippen LogP contribution >= 0.6 is 0 Å². The predicted molar refractivity (Wildman–Crippen MR) is 37.1 cm³/mol. The summed E-state index contributed by atoms with van der Waals surface area (Å²) in [5.74, 6) is -0.417. The van der Waals surface area contributed by atoms with Gasteiger partial charge in [0.05, 0.1) is 0 Å². The zero-order chi connectivity index (χ0) is 8.20. The Morgan fingerprint density at radius 1 is 1.70 bits per heavy atom. The normalized spacial score (nSPS) is 10.6. The first-order valence-corrected chi connectivity index (χ1v) is 2.97. The predicted octanol–water partition coefficient (Wildman–Crippen LogP) is -0.614. The molecule has 0 saturated carbocycles. The van der Waals surface area contributed by atoms with E-state index in [1.54, 1.807) is 13.8 Å². The summed E-state index contributed by atoms with van der Waals surface area (Å²) >= 11 is 0. The Balaban J connectivity index is 3.85. The maximum atomic E-state index is 10.4. The monoisotopic (exact) mass is 144 g/mol. The summed E-state index contributed by atoms with van der Waals surface area (Å²) in [4.78, 5) is 20.3. The van der Waals surface area contributed by atoms with Gasteiger partial charge in [-0.3, -0.25) is 9.59 Å². The molecule has 0 aromatic rings. The molecule has 0 unspecified atom stereocenters. The standard InChI is InChI=1S/C6H12N2O2/c1-6(2,8-4-9)3-5(7)10/h4H,3H2,1-2H3,(H2,7,10)(H,8,9). The summed E-state index contributed by atoms with van der Waals surface area (Å²) in [6, 6.07) is 0. The van der Waals surface area contributed by atoms with Crippen molar-refractivity contribution in [1.29, 1.82) is 0 Å². The Hall–Kier alpha value is -1.06. The molecule has 58 valence electrons. The molecule has 0 aliphatic heterocycles. The van der Waals surface area contributed by atoms with Gasteiger partial charge in [0.25, 0.3) is 0 Å². The first-order valence-electron chi connectivity index (χ1n) is 2.97. The van der Waals surface area contributed by atoms with Crippen LogP contribution < -0.4 is 11.1 Å². The molecule has 0 aliphatic carbocycles. The Kier molecular flexibility index (Phi) is 2.86. The number of carbonyl (C=O) groups excluding carboxylic acids is 2. The molecule has 0 spiro atoms. The van der Waals surface area contributed by atoms with Crippen LogP contribution in [0.15, 0.2) is 0 Å². The molecule has 0 aliphatic rings. The van der Waals surface area contributed by atoms with Crippen molar-refractivity contribution in [3.63, 3.8) is 0 Å². The van der Waals surface area contributed by atoms with Crippen LogP contribution in [-0.4, -0.2) is 17.9 Å². The Morgan fingerprint density at radius 3 is 2.50 bits per heavy atom. The van der Waals surface area contributed by atoms with E-state index in [-0.39, 0.29) is 6.42 Å². The lowest BCUT2D eigenvalue weighted by atomic mass is 10.0. The van der Waals surface area contributed by atoms with E-state index < -0.39 is 11.4 Å². The highest BCUT2D eigenvalue weighted by Gasteiger charge is 2.18. The maximum absolute atomic E-state index is 10.4. The lowest BCUT2D eigenvalue weighted by Crippen LogP contribution is -2.41. The van der Waals surface area contributed by atoms with E-state index in [0.717, 1.165) is 0 Å². The second-order valence-corrected chi connectivity index (χ2v) is 2.79. The maximum Gasteiger partial charge on any atom is 0.219 e. The third-order valence-electron chi connectivity index (χ3n) is 1.07. The highest BCUT2D eigenvalue weighted by atomic mass is 16.1. The van der Waals surface area contributed by atoms with Gasteiger partial charge in [-0.25, -0.2) is 0 Å². The number of rotatable bonds is 4. The van der Waals surface area contributed by atoms with Crippen LogP contribution in [0.1, 0.15) is 20.3 Å². The summed E-state index contributed by atoms with van der Waals surface area (Å²) in [7, 11) is 0. The van der Waals surface area contributed by atoms with E-state index in [2.05, 4.69) is 5.32 Å². The van der Waals surface area contributed by atoms with Crippen molar-refractivity contribution in [2.45, 2.75) is 25.8 Å². The van der Waals surface area contributed by atoms with Crippen molar-refractivity contribution in [3.8, 4) is 0 Å². The molecule has 0 aromatic heterocycles. The highest BCUT2D eigenvalue weighted by Crippen LogP contribution is 2.04. The zero-order valence-corrected chi connectivity index (χ0v) is 6.18. The van der Waals surface area contributed by atoms with Crippen molar-refractivity contribution >= 4 is 12.3 Å². The van der Waals surface area contributed by atoms with Gasteiger partial charge in [0.2, 0.25) is 12.3 Å². The average Bonchev–Trinajstić information content (AvgIpc) is 1.59. The molecule has 0 heterocycles. The lowest BCUT2D eigenvalue weighted by molar-refractivity contribution is -0.119. The molecule has 0 atom stereocenters. The molecule has 0 bridgehead atoms. The molecular weight excluding hydrogens is 132 g/mol. The minimum Gasteiger partial charge on any atom is -0.370 e. The molecule has 0 saturated heterocycles. The van der Waals surface area contributed by atoms with E-state index in [9.17, 15) is 9.59 Å². The van der Waals surface area contributed by atoms with Crippen molar-refractivity contribution in [2.24, 2.45) is 5.73 Å². The fourth-order valence-corrected chi connectivity index (χ4v) is 0.646. The molecule has 0 radical (unpaired) electrons. The number of nitrogens with two attached hydrogens (primary N) is 1. The van der Waals surface area contributed by atoms with Crippen LogP contribution in [-0.2, 0) is 9.59 Å². The van der Waals surface area contributed by atoms with Gasteiger partial charge < -0.3 is 11.1 Å². The summed E-state index contributed by atoms with van der Waals surface area (Å²) in [6.45, 7) is 3.46. The summed E-state index contributed by atoms with van der Waals surface area (Å²) < 4.78 is 0. The van der Waals surface area contributed by atoms with Crippen LogP contribution in [0, 0.1) is 0 Å². The summed E-state index contributed by atoms with van der Waals surface area (Å²) in [6.07, 6.45) is 0.717. The fraction of sp³-hybridized carbons (Fsp3) is 0.667. The third-order valence-corrected chi connectivity index (χ3v) is 1.07. The topological polar surface area (TPSA) is 72.2 Å². The number of carbonyl (C=O) groups is 2. The van der Waals surface area contributed by atoms with Crippen molar-refractivity contribution in [3.05, 3.63) is 0 Å². The largest absolute Gasteiger partial charge is 0.370 e. The average molecular weight is 144 g/mol. The van der Waals surface area contributed by atoms with E-state index in [1.165, 1.54) is 0 Å². The molecular formula is C6H12N2O2. The quantitative estimate of drug-likeness (QED) is 0.516. The van der Waals surface area contributed by atoms with Crippen LogP contribution in [0.5, 0.6) is 0 Å². The van der Waals surface area contributed by atoms with Gasteiger partial charge in [-0.2, -0.15) is 0 Å². The van der Waals surface area contributed by atoms with Crippen LogP contribution in [0.4, 0.5) is 0 Å². The lowest BCUT2D eigenvalue weighted by Gasteiger charge is -2.21. The smallest absolute Gasteiger partial charge is 0.219 e. The molecule has 0 fully saturated rings. The SMILES string of the molecule is CC(C)(CC(N)=O)NC=O. The number of primary amides is 1. The molecule has 4 nitrogen and oxygen atoms in total. The first kappa shape index (κ1) is 8.94. The zero-order valence-electron chi connectivity index (χ0n) is 6.18. The van der Waals surface area contributed by atoms with E-state index in [1.807, 2.05) is 0 Å². The Labute approximate surface area is 59.8 Å². The van der Waals surface area contributed by atoms with Gasteiger partial charge in [-0.05, 0) is 13.8 Å². The van der Waals surface area contributed by atoms with Gasteiger partial charge in [0.15, 0.2) is 0 Å². The third kappa shape index (κ3) is 3.88. The van der Waals surface area contributed by atoms with Crippen molar-refractivity contribution in [1.82, 2.24) is 5.32 Å². The van der Waals surface area contributed by atoms with Crippen molar-refractivity contribution < 1.29 is 9.59 Å². The van der Waals surface area contributed by atoms with E-state index >= 15 is 0 Å². The number of amides is 2. The molecule has 4 heteroatoms. The van der Waals surface area contributed by atoms with Crippen LogP contribution in [0.25, 0.3) is 0 Å². The Bertz CT molecular complexity index is 143. The summed E-state index contributed by atoms with van der Waals surface area (Å²) in [5.41, 5.74) is 4.39. The highest BCUT2D eigenvalue weighted by molar-refractivity contribution is 5.75. The molecule has 3 N–H and O–H groups in total. The molecule has 0 rings (SSSR count). The van der Waals surface area contributed by atoms with Crippen molar-refractivity contribution in [2.75, 3.05) is 0 Å². The van der Waals surface area contributed by atoms with Gasteiger partial charge in [0, 0.05) is 12.0 Å². The van der Waals surface area contributed by atoms with E-state index in [4.69, 9.17) is 5.73 Å². The molecule has 10 heavy (non-hydrogen) atoms.